The number of alkyl halides is 3. The lowest BCUT2D eigenvalue weighted by molar-refractivity contribution is -0.147. The molecule has 2 N–H and O–H groups in total. The van der Waals surface area contributed by atoms with Crippen molar-refractivity contribution in [3.05, 3.63) is 29.3 Å². The van der Waals surface area contributed by atoms with Crippen molar-refractivity contribution in [2.24, 2.45) is 0 Å². The van der Waals surface area contributed by atoms with Crippen molar-refractivity contribution in [3.63, 3.8) is 0 Å². The molecule has 0 aromatic heterocycles. The van der Waals surface area contributed by atoms with Gasteiger partial charge in [0.15, 0.2) is 11.9 Å². The number of carbonyl (C=O) groups excluding carboxylic acids is 1. The molecule has 0 heterocycles. The number of hydrogen-bond donors (Lipinski definition) is 2. The van der Waals surface area contributed by atoms with Crippen LogP contribution in [0.25, 0.3) is 0 Å². The number of Topliss-reactive ketones (excluding diaryl/α,β-unsaturated/α-hetero) is 1. The molecule has 0 saturated heterocycles. The highest BCUT2D eigenvalue weighted by Crippen LogP contribution is 2.31. The molecule has 1 unspecified atom stereocenters. The molecule has 0 saturated carbocycles. The second-order valence-corrected chi connectivity index (χ2v) is 4.06. The van der Waals surface area contributed by atoms with E-state index in [0.29, 0.717) is 0 Å². The van der Waals surface area contributed by atoms with Crippen LogP contribution in [-0.2, 0) is 16.0 Å². The number of ether oxygens (including phenoxy) is 1. The number of hydrogen-bond acceptors (Lipinski definition) is 4. The Bertz CT molecular complexity index is 507. The van der Waals surface area contributed by atoms with Crippen molar-refractivity contribution in [3.8, 4) is 5.75 Å². The minimum Gasteiger partial charge on any atom is -0.479 e. The minimum atomic E-state index is -3.19. The average molecular weight is 309 g/mol. The summed E-state index contributed by atoms with van der Waals surface area (Å²) >= 11 is 5.34. The predicted molar refractivity (Wildman–Crippen MR) is 65.1 cm³/mol. The topological polar surface area (TPSA) is 83.8 Å². The van der Waals surface area contributed by atoms with Gasteiger partial charge in [0.05, 0.1) is 5.88 Å². The van der Waals surface area contributed by atoms with Crippen LogP contribution in [0, 0.1) is 0 Å². The van der Waals surface area contributed by atoms with E-state index in [-0.39, 0.29) is 23.4 Å². The highest BCUT2D eigenvalue weighted by molar-refractivity contribution is 6.27. The Morgan fingerprint density at radius 3 is 2.50 bits per heavy atom. The van der Waals surface area contributed by atoms with E-state index in [0.717, 1.165) is 6.07 Å². The first kappa shape index (κ1) is 16.3. The van der Waals surface area contributed by atoms with E-state index in [1.807, 2.05) is 0 Å². The van der Waals surface area contributed by atoms with Crippen LogP contribution in [0.2, 0.25) is 0 Å². The first-order valence-corrected chi connectivity index (χ1v) is 5.95. The molecule has 0 aliphatic carbocycles. The number of halogens is 3. The van der Waals surface area contributed by atoms with Crippen molar-refractivity contribution < 1.29 is 33.3 Å². The van der Waals surface area contributed by atoms with Gasteiger partial charge in [0.25, 0.3) is 0 Å². The molecule has 0 amide bonds. The number of carbonyl (C=O) groups is 2. The third kappa shape index (κ3) is 4.14. The Morgan fingerprint density at radius 2 is 2.00 bits per heavy atom. The third-order valence-corrected chi connectivity index (χ3v) is 2.71. The van der Waals surface area contributed by atoms with E-state index in [1.165, 1.54) is 12.1 Å². The number of carboxylic acid groups (broad SMARTS) is 1. The van der Waals surface area contributed by atoms with Gasteiger partial charge in [-0.25, -0.2) is 4.79 Å². The van der Waals surface area contributed by atoms with Gasteiger partial charge in [0.1, 0.15) is 5.75 Å². The molecule has 1 atom stereocenters. The molecule has 1 aromatic rings. The lowest BCUT2D eigenvalue weighted by atomic mass is 9.97. The summed E-state index contributed by atoms with van der Waals surface area (Å²) in [5.41, 5.74) is -0.303. The van der Waals surface area contributed by atoms with Crippen LogP contribution in [0.5, 0.6) is 5.75 Å². The number of carboxylic acids is 1. The van der Waals surface area contributed by atoms with Gasteiger partial charge in [0.2, 0.25) is 0 Å². The van der Waals surface area contributed by atoms with Crippen LogP contribution < -0.4 is 4.74 Å². The van der Waals surface area contributed by atoms with E-state index in [1.54, 1.807) is 0 Å². The Hall–Kier alpha value is -1.73. The van der Waals surface area contributed by atoms with E-state index < -0.39 is 30.2 Å². The fourth-order valence-corrected chi connectivity index (χ4v) is 1.73. The molecule has 110 valence electrons. The van der Waals surface area contributed by atoms with Crippen molar-refractivity contribution in [2.75, 3.05) is 5.88 Å². The fraction of sp³-hybridized carbons (Fsp3) is 0.333. The second kappa shape index (κ2) is 7.16. The SMILES string of the molecule is O=C(CCl)Cc1cccc(OC(F)F)c1C(O)C(=O)O. The maximum atomic E-state index is 12.3. The van der Waals surface area contributed by atoms with Gasteiger partial charge in [-0.1, -0.05) is 12.1 Å². The quantitative estimate of drug-likeness (QED) is 0.750. The van der Waals surface area contributed by atoms with Crippen molar-refractivity contribution in [1.82, 2.24) is 0 Å². The summed E-state index contributed by atoms with van der Waals surface area (Å²) in [6.45, 7) is -3.19. The maximum Gasteiger partial charge on any atom is 0.387 e. The first-order chi connectivity index (χ1) is 9.36. The van der Waals surface area contributed by atoms with Crippen LogP contribution in [0.4, 0.5) is 8.78 Å². The van der Waals surface area contributed by atoms with Crippen molar-refractivity contribution in [1.29, 1.82) is 0 Å². The summed E-state index contributed by atoms with van der Waals surface area (Å²) in [6, 6.07) is 3.74. The lowest BCUT2D eigenvalue weighted by Gasteiger charge is -2.16. The van der Waals surface area contributed by atoms with Gasteiger partial charge < -0.3 is 14.9 Å². The zero-order valence-corrected chi connectivity index (χ0v) is 10.8. The van der Waals surface area contributed by atoms with Gasteiger partial charge in [-0.05, 0) is 11.6 Å². The molecule has 1 aromatic carbocycles. The highest BCUT2D eigenvalue weighted by Gasteiger charge is 2.26. The maximum absolute atomic E-state index is 12.3. The molecule has 0 bridgehead atoms. The van der Waals surface area contributed by atoms with Crippen molar-refractivity contribution in [2.45, 2.75) is 19.1 Å². The van der Waals surface area contributed by atoms with Gasteiger partial charge in [0, 0.05) is 12.0 Å². The lowest BCUT2D eigenvalue weighted by Crippen LogP contribution is -2.17. The summed E-state index contributed by atoms with van der Waals surface area (Å²) in [5, 5.41) is 18.4. The molecular weight excluding hydrogens is 298 g/mol. The summed E-state index contributed by atoms with van der Waals surface area (Å²) < 4.78 is 28.7. The molecule has 0 aliphatic rings. The summed E-state index contributed by atoms with van der Waals surface area (Å²) in [5.74, 6) is -2.90. The van der Waals surface area contributed by atoms with Crippen LogP contribution in [-0.4, -0.2) is 34.5 Å². The van der Waals surface area contributed by atoms with Crippen molar-refractivity contribution >= 4 is 23.4 Å². The number of aliphatic hydroxyl groups is 1. The molecule has 8 heteroatoms. The molecule has 0 aliphatic heterocycles. The predicted octanol–water partition coefficient (Wildman–Crippen LogP) is 1.76. The minimum absolute atomic E-state index is 0.0729. The summed E-state index contributed by atoms with van der Waals surface area (Å²) in [6.07, 6.45) is -2.37. The monoisotopic (exact) mass is 308 g/mol. The summed E-state index contributed by atoms with van der Waals surface area (Å²) in [4.78, 5) is 22.2. The Morgan fingerprint density at radius 1 is 1.35 bits per heavy atom. The molecule has 5 nitrogen and oxygen atoms in total. The number of benzene rings is 1. The smallest absolute Gasteiger partial charge is 0.387 e. The zero-order valence-electron chi connectivity index (χ0n) is 10.1. The van der Waals surface area contributed by atoms with E-state index in [4.69, 9.17) is 16.7 Å². The molecule has 0 spiro atoms. The standard InChI is InChI=1S/C12H11ClF2O5/c13-5-7(16)4-6-2-1-3-8(20-12(14)15)9(6)10(17)11(18)19/h1-3,10,12,17H,4-5H2,(H,18,19). The van der Waals surface area contributed by atoms with Gasteiger partial charge >= 0.3 is 12.6 Å². The Balaban J connectivity index is 3.28. The molecule has 20 heavy (non-hydrogen) atoms. The fourth-order valence-electron chi connectivity index (χ4n) is 1.64. The Kier molecular flexibility index (Phi) is 5.84. The molecular formula is C12H11ClF2O5. The number of rotatable bonds is 7. The second-order valence-electron chi connectivity index (χ2n) is 3.80. The van der Waals surface area contributed by atoms with Crippen LogP contribution >= 0.6 is 11.6 Å². The van der Waals surface area contributed by atoms with E-state index in [2.05, 4.69) is 4.74 Å². The van der Waals surface area contributed by atoms with Gasteiger partial charge in [-0.3, -0.25) is 4.79 Å². The summed E-state index contributed by atoms with van der Waals surface area (Å²) in [7, 11) is 0. The molecule has 0 fully saturated rings. The first-order valence-electron chi connectivity index (χ1n) is 5.42. The Labute approximate surface area is 117 Å². The van der Waals surface area contributed by atoms with Crippen LogP contribution in [0.1, 0.15) is 17.2 Å². The van der Waals surface area contributed by atoms with Crippen LogP contribution in [0.3, 0.4) is 0 Å². The van der Waals surface area contributed by atoms with E-state index >= 15 is 0 Å². The average Bonchev–Trinajstić information content (AvgIpc) is 2.37. The highest BCUT2D eigenvalue weighted by atomic mass is 35.5. The normalized spacial score (nSPS) is 12.2. The number of ketones is 1. The van der Waals surface area contributed by atoms with Gasteiger partial charge in [-0.15, -0.1) is 11.6 Å². The number of aliphatic hydroxyl groups excluding tert-OH is 1. The van der Waals surface area contributed by atoms with Gasteiger partial charge in [-0.2, -0.15) is 8.78 Å². The molecule has 1 rings (SSSR count). The van der Waals surface area contributed by atoms with E-state index in [9.17, 15) is 23.5 Å². The van der Waals surface area contributed by atoms with Crippen LogP contribution in [0.15, 0.2) is 18.2 Å². The molecule has 0 radical (unpaired) electrons. The largest absolute Gasteiger partial charge is 0.479 e. The third-order valence-electron chi connectivity index (χ3n) is 2.42. The number of aliphatic carboxylic acids is 1. The zero-order chi connectivity index (χ0) is 15.3.